The molecule has 1 N–H and O–H groups in total. The van der Waals surface area contributed by atoms with Crippen molar-refractivity contribution >= 4 is 17.2 Å². The van der Waals surface area contributed by atoms with Crippen LogP contribution in [0.2, 0.25) is 0 Å². The Kier molecular flexibility index (Phi) is 4.88. The van der Waals surface area contributed by atoms with Crippen molar-refractivity contribution in [2.75, 3.05) is 13.1 Å². The zero-order valence-electron chi connectivity index (χ0n) is 15.9. The van der Waals surface area contributed by atoms with E-state index >= 15 is 0 Å². The number of nitrogens with zero attached hydrogens (tertiary/aromatic N) is 4. The molecule has 1 aliphatic heterocycles. The lowest BCUT2D eigenvalue weighted by Crippen LogP contribution is -2.39. The van der Waals surface area contributed by atoms with E-state index < -0.39 is 0 Å². The standard InChI is InChI=1S/C21H18FN5O2S/c22-15-7-2-1-6-14(15)20-26-25-19(30-20)13-5-3-9-27(12-13)21(28)17-11-16(23-24-17)18-8-4-10-29-18/h1-2,4,6-8,10-11,13H,3,5,9,12H2,(H,23,24). The van der Waals surface area contributed by atoms with Gasteiger partial charge in [-0.05, 0) is 37.1 Å². The normalized spacial score (nSPS) is 16.7. The molecule has 5 rings (SSSR count). The van der Waals surface area contributed by atoms with E-state index in [0.717, 1.165) is 17.8 Å². The maximum absolute atomic E-state index is 14.1. The van der Waals surface area contributed by atoms with Gasteiger partial charge in [-0.2, -0.15) is 5.10 Å². The van der Waals surface area contributed by atoms with Gasteiger partial charge >= 0.3 is 0 Å². The Morgan fingerprint density at radius 2 is 2.13 bits per heavy atom. The van der Waals surface area contributed by atoms with Crippen LogP contribution >= 0.6 is 11.3 Å². The number of hydrogen-bond donors (Lipinski definition) is 1. The van der Waals surface area contributed by atoms with E-state index in [4.69, 9.17) is 4.42 Å². The summed E-state index contributed by atoms with van der Waals surface area (Å²) in [4.78, 5) is 14.8. The number of aromatic nitrogens is 4. The van der Waals surface area contributed by atoms with Gasteiger partial charge < -0.3 is 9.32 Å². The lowest BCUT2D eigenvalue weighted by Gasteiger charge is -2.31. The Morgan fingerprint density at radius 1 is 1.23 bits per heavy atom. The monoisotopic (exact) mass is 423 g/mol. The Morgan fingerprint density at radius 3 is 2.97 bits per heavy atom. The third-order valence-corrected chi connectivity index (χ3v) is 6.31. The summed E-state index contributed by atoms with van der Waals surface area (Å²) in [5.74, 6) is 0.260. The molecule has 30 heavy (non-hydrogen) atoms. The highest BCUT2D eigenvalue weighted by Gasteiger charge is 2.29. The van der Waals surface area contributed by atoms with Crippen LogP contribution in [0.25, 0.3) is 22.0 Å². The Bertz CT molecular complexity index is 1170. The predicted octanol–water partition coefficient (Wildman–Crippen LogP) is 4.35. The molecular weight excluding hydrogens is 405 g/mol. The number of benzene rings is 1. The lowest BCUT2D eigenvalue weighted by molar-refractivity contribution is 0.0701. The van der Waals surface area contributed by atoms with Crippen molar-refractivity contribution in [1.82, 2.24) is 25.3 Å². The number of carbonyl (C=O) groups is 1. The summed E-state index contributed by atoms with van der Waals surface area (Å²) >= 11 is 1.38. The Hall–Kier alpha value is -3.33. The van der Waals surface area contributed by atoms with E-state index in [0.29, 0.717) is 40.8 Å². The molecule has 0 radical (unpaired) electrons. The van der Waals surface area contributed by atoms with Crippen LogP contribution in [-0.4, -0.2) is 44.3 Å². The van der Waals surface area contributed by atoms with Gasteiger partial charge in [-0.15, -0.1) is 10.2 Å². The van der Waals surface area contributed by atoms with E-state index in [1.807, 2.05) is 0 Å². The molecule has 1 aromatic carbocycles. The zero-order chi connectivity index (χ0) is 20.5. The van der Waals surface area contributed by atoms with Crippen molar-refractivity contribution in [2.45, 2.75) is 18.8 Å². The molecule has 1 aliphatic rings. The van der Waals surface area contributed by atoms with Gasteiger partial charge in [0.1, 0.15) is 16.5 Å². The highest BCUT2D eigenvalue weighted by Crippen LogP contribution is 2.34. The molecule has 1 fully saturated rings. The molecule has 0 aliphatic carbocycles. The molecule has 4 heterocycles. The van der Waals surface area contributed by atoms with Crippen LogP contribution in [0, 0.1) is 5.82 Å². The number of amides is 1. The molecular formula is C21H18FN5O2S. The predicted molar refractivity (Wildman–Crippen MR) is 109 cm³/mol. The maximum atomic E-state index is 14.1. The fourth-order valence-corrected chi connectivity index (χ4v) is 4.65. The van der Waals surface area contributed by atoms with Crippen molar-refractivity contribution in [3.8, 4) is 22.0 Å². The largest absolute Gasteiger partial charge is 0.463 e. The first-order valence-corrected chi connectivity index (χ1v) is 10.5. The van der Waals surface area contributed by atoms with Gasteiger partial charge in [-0.25, -0.2) is 4.39 Å². The molecule has 7 nitrogen and oxygen atoms in total. The minimum atomic E-state index is -0.313. The smallest absolute Gasteiger partial charge is 0.274 e. The summed E-state index contributed by atoms with van der Waals surface area (Å²) in [7, 11) is 0. The van der Waals surface area contributed by atoms with Crippen LogP contribution in [0.1, 0.15) is 34.3 Å². The van der Waals surface area contributed by atoms with Gasteiger partial charge in [0.05, 0.1) is 6.26 Å². The van der Waals surface area contributed by atoms with Gasteiger partial charge in [0.2, 0.25) is 0 Å². The van der Waals surface area contributed by atoms with E-state index in [-0.39, 0.29) is 17.6 Å². The summed E-state index contributed by atoms with van der Waals surface area (Å²) in [6, 6.07) is 11.8. The highest BCUT2D eigenvalue weighted by molar-refractivity contribution is 7.14. The zero-order valence-corrected chi connectivity index (χ0v) is 16.7. The third-order valence-electron chi connectivity index (χ3n) is 5.19. The maximum Gasteiger partial charge on any atom is 0.274 e. The minimum absolute atomic E-state index is 0.0733. The van der Waals surface area contributed by atoms with Crippen molar-refractivity contribution < 1.29 is 13.6 Å². The molecule has 152 valence electrons. The number of nitrogens with one attached hydrogen (secondary N) is 1. The minimum Gasteiger partial charge on any atom is -0.463 e. The number of furan rings is 1. The SMILES string of the molecule is O=C(c1cc(-c2ccco2)[nH]n1)N1CCCC(c2nnc(-c3ccccc3F)s2)C1. The first-order valence-electron chi connectivity index (χ1n) is 9.66. The number of carbonyl (C=O) groups excluding carboxylic acids is 1. The van der Waals surface area contributed by atoms with Crippen LogP contribution in [-0.2, 0) is 0 Å². The van der Waals surface area contributed by atoms with Gasteiger partial charge in [0.25, 0.3) is 5.91 Å². The number of halogens is 1. The highest BCUT2D eigenvalue weighted by atomic mass is 32.1. The van der Waals surface area contributed by atoms with Crippen LogP contribution < -0.4 is 0 Å². The molecule has 1 unspecified atom stereocenters. The first kappa shape index (κ1) is 18.7. The number of rotatable bonds is 4. The number of aromatic amines is 1. The number of hydrogen-bond acceptors (Lipinski definition) is 6. The second-order valence-electron chi connectivity index (χ2n) is 7.16. The molecule has 1 amide bonds. The van der Waals surface area contributed by atoms with Crippen LogP contribution in [0.4, 0.5) is 4.39 Å². The third kappa shape index (κ3) is 3.52. The Labute approximate surface area is 175 Å². The molecule has 3 aromatic heterocycles. The van der Waals surface area contributed by atoms with Crippen molar-refractivity contribution in [3.05, 3.63) is 65.2 Å². The molecule has 0 bridgehead atoms. The second-order valence-corrected chi connectivity index (χ2v) is 8.17. The Balaban J connectivity index is 1.32. The summed E-state index contributed by atoms with van der Waals surface area (Å²) in [6.45, 7) is 1.20. The molecule has 0 saturated carbocycles. The summed E-state index contributed by atoms with van der Waals surface area (Å²) < 4.78 is 19.4. The van der Waals surface area contributed by atoms with E-state index in [1.165, 1.54) is 17.4 Å². The topological polar surface area (TPSA) is 87.9 Å². The fourth-order valence-electron chi connectivity index (χ4n) is 3.66. The molecule has 1 saturated heterocycles. The molecule has 0 spiro atoms. The van der Waals surface area contributed by atoms with E-state index in [2.05, 4.69) is 20.4 Å². The van der Waals surface area contributed by atoms with Gasteiger partial charge in [0.15, 0.2) is 16.5 Å². The molecule has 4 aromatic rings. The quantitative estimate of drug-likeness (QED) is 0.527. The second kappa shape index (κ2) is 7.83. The number of H-pyrrole nitrogens is 1. The first-order chi connectivity index (χ1) is 14.7. The van der Waals surface area contributed by atoms with E-state index in [9.17, 15) is 9.18 Å². The number of likely N-dealkylation sites (tertiary alicyclic amines) is 1. The van der Waals surface area contributed by atoms with Crippen molar-refractivity contribution in [2.24, 2.45) is 0 Å². The van der Waals surface area contributed by atoms with Crippen LogP contribution in [0.15, 0.2) is 53.1 Å². The number of piperidine rings is 1. The van der Waals surface area contributed by atoms with Crippen LogP contribution in [0.5, 0.6) is 0 Å². The van der Waals surface area contributed by atoms with Gasteiger partial charge in [-0.1, -0.05) is 23.5 Å². The summed E-state index contributed by atoms with van der Waals surface area (Å²) in [6.07, 6.45) is 3.35. The fraction of sp³-hybridized carbons (Fsp3) is 0.238. The van der Waals surface area contributed by atoms with Crippen LogP contribution in [0.3, 0.4) is 0 Å². The molecule has 1 atom stereocenters. The average molecular weight is 423 g/mol. The van der Waals surface area contributed by atoms with Crippen molar-refractivity contribution in [3.63, 3.8) is 0 Å². The van der Waals surface area contributed by atoms with E-state index in [1.54, 1.807) is 47.6 Å². The average Bonchev–Trinajstić information content (AvgIpc) is 3.55. The summed E-state index contributed by atoms with van der Waals surface area (Å²) in [5.41, 5.74) is 1.47. The molecule has 9 heteroatoms. The van der Waals surface area contributed by atoms with Gasteiger partial charge in [-0.3, -0.25) is 9.89 Å². The van der Waals surface area contributed by atoms with Crippen molar-refractivity contribution in [1.29, 1.82) is 0 Å². The summed E-state index contributed by atoms with van der Waals surface area (Å²) in [5, 5.41) is 16.9. The lowest BCUT2D eigenvalue weighted by atomic mass is 9.98. The van der Waals surface area contributed by atoms with Gasteiger partial charge in [0, 0.05) is 30.6 Å².